The molecule has 3 heterocycles. The van der Waals surface area contributed by atoms with E-state index < -0.39 is 0 Å². The topological polar surface area (TPSA) is 93.8 Å². The van der Waals surface area contributed by atoms with Gasteiger partial charge in [0.2, 0.25) is 5.91 Å². The van der Waals surface area contributed by atoms with Crippen LogP contribution in [0.4, 0.5) is 4.39 Å². The Hall–Kier alpha value is -3.94. The highest BCUT2D eigenvalue weighted by Crippen LogP contribution is 2.54. The third-order valence-electron chi connectivity index (χ3n) is 8.28. The average molecular weight is 512 g/mol. The first kappa shape index (κ1) is 24.4. The second-order valence-electron chi connectivity index (χ2n) is 10.7. The minimum absolute atomic E-state index is 0.0748. The summed E-state index contributed by atoms with van der Waals surface area (Å²) in [5.74, 6) is 1.67. The maximum atomic E-state index is 15.2. The van der Waals surface area contributed by atoms with Crippen molar-refractivity contribution in [2.75, 3.05) is 6.54 Å². The maximum Gasteiger partial charge on any atom is 0.216 e. The van der Waals surface area contributed by atoms with E-state index in [4.69, 9.17) is 14.5 Å². The van der Waals surface area contributed by atoms with Crippen LogP contribution in [0.2, 0.25) is 0 Å². The number of nitrogens with one attached hydrogen (secondary N) is 1. The van der Waals surface area contributed by atoms with Gasteiger partial charge in [0.15, 0.2) is 5.82 Å². The number of pyridine rings is 1. The van der Waals surface area contributed by atoms with Crippen LogP contribution in [0.5, 0.6) is 0 Å². The Morgan fingerprint density at radius 1 is 1.24 bits per heavy atom. The molecule has 2 aliphatic rings. The number of benzene rings is 1. The van der Waals surface area contributed by atoms with E-state index in [-0.39, 0.29) is 23.1 Å². The normalized spacial score (nSPS) is 21.8. The average Bonchev–Trinajstić information content (AvgIpc) is 3.37. The molecule has 0 saturated carbocycles. The van der Waals surface area contributed by atoms with Gasteiger partial charge in [-0.05, 0) is 49.4 Å². The van der Waals surface area contributed by atoms with Gasteiger partial charge in [-0.2, -0.15) is 0 Å². The highest BCUT2D eigenvalue weighted by atomic mass is 19.1. The fourth-order valence-corrected chi connectivity index (χ4v) is 6.49. The molecule has 6 rings (SSSR count). The van der Waals surface area contributed by atoms with Crippen molar-refractivity contribution >= 4 is 5.91 Å². The lowest BCUT2D eigenvalue weighted by Crippen LogP contribution is -2.45. The summed E-state index contributed by atoms with van der Waals surface area (Å²) in [7, 11) is 0. The lowest BCUT2D eigenvalue weighted by Gasteiger charge is -2.47. The lowest BCUT2D eigenvalue weighted by molar-refractivity contribution is -0.118. The Morgan fingerprint density at radius 2 is 2.08 bits per heavy atom. The molecule has 2 aliphatic carbocycles. The van der Waals surface area contributed by atoms with E-state index >= 15 is 4.39 Å². The van der Waals surface area contributed by atoms with Gasteiger partial charge in [-0.25, -0.2) is 14.4 Å². The molecule has 1 aromatic carbocycles. The van der Waals surface area contributed by atoms with E-state index in [0.717, 1.165) is 53.1 Å². The van der Waals surface area contributed by atoms with Crippen LogP contribution >= 0.6 is 0 Å². The Bertz CT molecular complexity index is 1530. The van der Waals surface area contributed by atoms with Gasteiger partial charge < -0.3 is 9.84 Å². The highest BCUT2D eigenvalue weighted by molar-refractivity contribution is 5.73. The van der Waals surface area contributed by atoms with Crippen LogP contribution in [0.3, 0.4) is 0 Å². The summed E-state index contributed by atoms with van der Waals surface area (Å²) in [5, 5.41) is 6.91. The molecular weight excluding hydrogens is 481 g/mol. The number of carbonyl (C=O) groups is 1. The summed E-state index contributed by atoms with van der Waals surface area (Å²) in [5.41, 5.74) is 5.63. The molecule has 7 nitrogen and oxygen atoms in total. The number of aromatic nitrogens is 4. The first-order chi connectivity index (χ1) is 18.3. The lowest BCUT2D eigenvalue weighted by atomic mass is 9.56. The van der Waals surface area contributed by atoms with Gasteiger partial charge in [-0.15, -0.1) is 0 Å². The first-order valence-corrected chi connectivity index (χ1v) is 13.1. The molecule has 38 heavy (non-hydrogen) atoms. The van der Waals surface area contributed by atoms with Crippen molar-refractivity contribution in [1.82, 2.24) is 25.4 Å². The molecule has 0 bridgehead atoms. The molecule has 0 radical (unpaired) electrons. The molecule has 0 aliphatic heterocycles. The van der Waals surface area contributed by atoms with E-state index in [1.54, 1.807) is 18.3 Å². The van der Waals surface area contributed by atoms with Crippen LogP contribution < -0.4 is 5.32 Å². The van der Waals surface area contributed by atoms with Crippen LogP contribution in [0.15, 0.2) is 53.3 Å². The zero-order chi connectivity index (χ0) is 26.4. The van der Waals surface area contributed by atoms with Crippen molar-refractivity contribution < 1.29 is 13.7 Å². The zero-order valence-corrected chi connectivity index (χ0v) is 21.8. The number of halogens is 1. The Kier molecular flexibility index (Phi) is 6.05. The van der Waals surface area contributed by atoms with E-state index in [1.807, 2.05) is 24.4 Å². The summed E-state index contributed by atoms with van der Waals surface area (Å²) in [4.78, 5) is 26.0. The second kappa shape index (κ2) is 9.42. The molecule has 0 saturated heterocycles. The van der Waals surface area contributed by atoms with Crippen LogP contribution in [0.1, 0.15) is 61.4 Å². The van der Waals surface area contributed by atoms with Crippen molar-refractivity contribution in [2.24, 2.45) is 5.92 Å². The third-order valence-corrected chi connectivity index (χ3v) is 8.28. The molecule has 0 unspecified atom stereocenters. The summed E-state index contributed by atoms with van der Waals surface area (Å²) in [6, 6.07) is 10.7. The molecule has 3 atom stereocenters. The predicted octanol–water partition coefficient (Wildman–Crippen LogP) is 5.19. The van der Waals surface area contributed by atoms with E-state index in [2.05, 4.69) is 29.3 Å². The quantitative estimate of drug-likeness (QED) is 0.396. The fourth-order valence-electron chi connectivity index (χ4n) is 6.49. The van der Waals surface area contributed by atoms with Crippen molar-refractivity contribution in [3.8, 4) is 22.6 Å². The minimum atomic E-state index is -0.296. The summed E-state index contributed by atoms with van der Waals surface area (Å²) in [6.07, 6.45) is 6.63. The molecule has 3 aromatic heterocycles. The highest BCUT2D eigenvalue weighted by Gasteiger charge is 2.50. The maximum absolute atomic E-state index is 15.2. The summed E-state index contributed by atoms with van der Waals surface area (Å²) >= 11 is 0. The fraction of sp³-hybridized carbons (Fsp3) is 0.367. The number of amides is 1. The van der Waals surface area contributed by atoms with E-state index in [9.17, 15) is 4.79 Å². The van der Waals surface area contributed by atoms with Gasteiger partial charge in [-0.3, -0.25) is 9.78 Å². The smallest absolute Gasteiger partial charge is 0.216 e. The Morgan fingerprint density at radius 3 is 2.89 bits per heavy atom. The summed E-state index contributed by atoms with van der Waals surface area (Å²) < 4.78 is 20.8. The number of carbonyl (C=O) groups excluding carboxylic acids is 1. The predicted molar refractivity (Wildman–Crippen MR) is 141 cm³/mol. The molecule has 1 N–H and O–H groups in total. The standard InChI is InChI=1S/C30H30FN5O2/c1-17-24-9-8-23-26(22-6-4-5-7-25(22)31)35-29(19-10-12-33-21(14-19)11-13-32-18(2)37)36-28(23)30(24,3)15-20-16-34-38-27(17)20/h4-7,10,12,14,16-17,24H,8-9,11,13,15H2,1-3H3,(H,32,37)/t17-,24-,30-/m1/s1. The van der Waals surface area contributed by atoms with Gasteiger partial charge in [-0.1, -0.05) is 31.1 Å². The largest absolute Gasteiger partial charge is 0.361 e. The number of nitrogens with zero attached hydrogens (tertiary/aromatic N) is 4. The molecular formula is C30H30FN5O2. The molecule has 0 fully saturated rings. The Labute approximate surface area is 220 Å². The van der Waals surface area contributed by atoms with Crippen molar-refractivity contribution in [3.05, 3.63) is 82.9 Å². The van der Waals surface area contributed by atoms with Crippen molar-refractivity contribution in [3.63, 3.8) is 0 Å². The minimum Gasteiger partial charge on any atom is -0.361 e. The number of fused-ring (bicyclic) bond motifs is 4. The van der Waals surface area contributed by atoms with Gasteiger partial charge in [0.1, 0.15) is 11.6 Å². The monoisotopic (exact) mass is 511 g/mol. The number of hydrogen-bond donors (Lipinski definition) is 1. The third kappa shape index (κ3) is 4.08. The van der Waals surface area contributed by atoms with E-state index in [1.165, 1.54) is 13.0 Å². The molecule has 194 valence electrons. The second-order valence-corrected chi connectivity index (χ2v) is 10.7. The van der Waals surface area contributed by atoms with Crippen molar-refractivity contribution in [1.29, 1.82) is 0 Å². The van der Waals surface area contributed by atoms with Gasteiger partial charge in [0.25, 0.3) is 0 Å². The van der Waals surface area contributed by atoms with Crippen LogP contribution in [0, 0.1) is 11.7 Å². The Balaban J connectivity index is 1.51. The van der Waals surface area contributed by atoms with Crippen LogP contribution in [0.25, 0.3) is 22.6 Å². The van der Waals surface area contributed by atoms with E-state index in [0.29, 0.717) is 36.0 Å². The van der Waals surface area contributed by atoms with Gasteiger partial charge in [0, 0.05) is 65.4 Å². The van der Waals surface area contributed by atoms with Gasteiger partial charge in [0.05, 0.1) is 17.6 Å². The molecule has 4 aromatic rings. The van der Waals surface area contributed by atoms with Crippen LogP contribution in [-0.2, 0) is 29.5 Å². The zero-order valence-electron chi connectivity index (χ0n) is 21.8. The number of hydrogen-bond acceptors (Lipinski definition) is 6. The van der Waals surface area contributed by atoms with Gasteiger partial charge >= 0.3 is 0 Å². The summed E-state index contributed by atoms with van der Waals surface area (Å²) in [6.45, 7) is 6.48. The first-order valence-electron chi connectivity index (χ1n) is 13.1. The van der Waals surface area contributed by atoms with Crippen LogP contribution in [-0.4, -0.2) is 32.6 Å². The molecule has 8 heteroatoms. The van der Waals surface area contributed by atoms with Crippen molar-refractivity contribution in [2.45, 2.75) is 57.8 Å². The number of rotatable bonds is 5. The SMILES string of the molecule is CC(=O)NCCc1cc(-c2nc(-c3ccccc3F)c3c(n2)[C@]2(C)Cc4cnoc4[C@H](C)[C@H]2CC3)ccn1. The molecule has 1 amide bonds. The molecule has 0 spiro atoms.